The number of carbonyl (C=O) groups is 4. The van der Waals surface area contributed by atoms with Crippen molar-refractivity contribution in [3.05, 3.63) is 102 Å². The lowest BCUT2D eigenvalue weighted by atomic mass is 9.95. The summed E-state index contributed by atoms with van der Waals surface area (Å²) in [6.45, 7) is 4.06. The highest BCUT2D eigenvalue weighted by atomic mass is 16.7. The Morgan fingerprint density at radius 3 is 2.19 bits per heavy atom. The van der Waals surface area contributed by atoms with Crippen molar-refractivity contribution < 1.29 is 42.9 Å². The number of unbranched alkanes of at least 4 members (excludes halogenated alkanes) is 1. The predicted octanol–water partition coefficient (Wildman–Crippen LogP) is 4.35. The van der Waals surface area contributed by atoms with Crippen LogP contribution in [0.1, 0.15) is 60.2 Å². The highest BCUT2D eigenvalue weighted by Gasteiger charge is 2.51. The van der Waals surface area contributed by atoms with Gasteiger partial charge in [-0.05, 0) is 55.7 Å². The van der Waals surface area contributed by atoms with E-state index in [0.717, 1.165) is 12.0 Å². The summed E-state index contributed by atoms with van der Waals surface area (Å²) in [6.07, 6.45) is -0.763. The molecule has 5 atom stereocenters. The molecule has 5 rings (SSSR count). The van der Waals surface area contributed by atoms with E-state index >= 15 is 0 Å². The average molecular weight is 728 g/mol. The second-order valence-electron chi connectivity index (χ2n) is 12.5. The lowest BCUT2D eigenvalue weighted by Gasteiger charge is -2.45. The normalized spacial score (nSPS) is 19.5. The standard InChI is InChI=1S/C39H45N5O9/c1-4-21-40-33(46)20-11-12-22-50-39-34(41-26(2)45)36(53-38(48)28-16-9-6-10-17-28)35(52-37(47)27-14-7-5-8-15-27)32(51-39)25-44-24-31(42-43-44)29-18-13-19-30(23-29)49-3/h5-10,13-19,23-24,32,34-36,39H,4,11-12,20-22,25H2,1-3H3,(H,40,46)(H,41,45). The van der Waals surface area contributed by atoms with Crippen LogP contribution >= 0.6 is 0 Å². The van der Waals surface area contributed by atoms with E-state index in [1.807, 2.05) is 31.2 Å². The summed E-state index contributed by atoms with van der Waals surface area (Å²) in [5.74, 6) is -1.25. The molecule has 1 aliphatic rings. The summed E-state index contributed by atoms with van der Waals surface area (Å²) in [5.41, 5.74) is 1.83. The smallest absolute Gasteiger partial charge is 0.338 e. The number of esters is 2. The zero-order chi connectivity index (χ0) is 37.6. The minimum atomic E-state index is -1.27. The molecule has 1 saturated heterocycles. The molecule has 0 spiro atoms. The summed E-state index contributed by atoms with van der Waals surface area (Å²) in [7, 11) is 1.57. The molecule has 2 amide bonds. The number of benzene rings is 3. The van der Waals surface area contributed by atoms with Gasteiger partial charge >= 0.3 is 11.9 Å². The number of aromatic nitrogens is 3. The quantitative estimate of drug-likeness (QED) is 0.117. The molecule has 0 radical (unpaired) electrons. The van der Waals surface area contributed by atoms with Crippen LogP contribution in [0.25, 0.3) is 11.3 Å². The lowest BCUT2D eigenvalue weighted by molar-refractivity contribution is -0.266. The van der Waals surface area contributed by atoms with Gasteiger partial charge in [0.1, 0.15) is 23.6 Å². The zero-order valence-corrected chi connectivity index (χ0v) is 30.0. The van der Waals surface area contributed by atoms with Gasteiger partial charge in [0.2, 0.25) is 11.8 Å². The Morgan fingerprint density at radius 2 is 1.55 bits per heavy atom. The number of hydrogen-bond acceptors (Lipinski definition) is 11. The number of rotatable bonds is 17. The maximum atomic E-state index is 13.6. The first-order valence-electron chi connectivity index (χ1n) is 17.6. The van der Waals surface area contributed by atoms with Gasteiger partial charge in [-0.3, -0.25) is 9.59 Å². The molecule has 4 aromatic rings. The third-order valence-corrected chi connectivity index (χ3v) is 8.45. The SMILES string of the molecule is CCCNC(=O)CCCCOC1OC(Cn2cc(-c3cccc(OC)c3)nn2)C(OC(=O)c2ccccc2)C(OC(=O)c2ccccc2)C1NC(C)=O. The van der Waals surface area contributed by atoms with Crippen LogP contribution in [-0.2, 0) is 35.1 Å². The van der Waals surface area contributed by atoms with Crippen molar-refractivity contribution in [2.75, 3.05) is 20.3 Å². The molecule has 3 aromatic carbocycles. The number of carbonyl (C=O) groups excluding carboxylic acids is 4. The van der Waals surface area contributed by atoms with Crippen molar-refractivity contribution in [1.29, 1.82) is 0 Å². The van der Waals surface area contributed by atoms with Gasteiger partial charge in [-0.15, -0.1) is 5.10 Å². The summed E-state index contributed by atoms with van der Waals surface area (Å²) < 4.78 is 31.9. The molecule has 1 aromatic heterocycles. The van der Waals surface area contributed by atoms with Gasteiger partial charge < -0.3 is 34.3 Å². The molecule has 0 saturated carbocycles. The van der Waals surface area contributed by atoms with E-state index in [0.29, 0.717) is 37.3 Å². The number of ether oxygens (including phenoxy) is 5. The molecule has 5 unspecified atom stereocenters. The molecular weight excluding hydrogens is 682 g/mol. The van der Waals surface area contributed by atoms with E-state index in [1.54, 1.807) is 74.0 Å². The second kappa shape index (κ2) is 19.3. The van der Waals surface area contributed by atoms with Crippen molar-refractivity contribution in [1.82, 2.24) is 25.6 Å². The topological polar surface area (TPSA) is 169 Å². The monoisotopic (exact) mass is 727 g/mol. The fraction of sp³-hybridized carbons (Fsp3) is 0.385. The molecule has 280 valence electrons. The van der Waals surface area contributed by atoms with Crippen LogP contribution < -0.4 is 15.4 Å². The number of methoxy groups -OCH3 is 1. The summed E-state index contributed by atoms with van der Waals surface area (Å²) >= 11 is 0. The Balaban J connectivity index is 1.47. The minimum absolute atomic E-state index is 0.00660. The Morgan fingerprint density at radius 1 is 0.868 bits per heavy atom. The summed E-state index contributed by atoms with van der Waals surface area (Å²) in [4.78, 5) is 52.0. The summed E-state index contributed by atoms with van der Waals surface area (Å²) in [5, 5.41) is 14.3. The molecule has 1 aliphatic heterocycles. The fourth-order valence-corrected chi connectivity index (χ4v) is 5.82. The van der Waals surface area contributed by atoms with E-state index in [9.17, 15) is 19.2 Å². The van der Waals surface area contributed by atoms with Gasteiger partial charge in [0, 0.05) is 32.1 Å². The van der Waals surface area contributed by atoms with Crippen LogP contribution in [0.3, 0.4) is 0 Å². The molecule has 14 nitrogen and oxygen atoms in total. The molecule has 2 heterocycles. The third kappa shape index (κ3) is 10.9. The van der Waals surface area contributed by atoms with E-state index in [2.05, 4.69) is 20.9 Å². The minimum Gasteiger partial charge on any atom is -0.497 e. The van der Waals surface area contributed by atoms with Gasteiger partial charge in [-0.1, -0.05) is 60.7 Å². The molecule has 0 bridgehead atoms. The molecular formula is C39H45N5O9. The lowest BCUT2D eigenvalue weighted by Crippen LogP contribution is -2.66. The van der Waals surface area contributed by atoms with Crippen LogP contribution in [0.4, 0.5) is 0 Å². The van der Waals surface area contributed by atoms with Crippen molar-refractivity contribution in [3.63, 3.8) is 0 Å². The molecule has 53 heavy (non-hydrogen) atoms. The van der Waals surface area contributed by atoms with E-state index in [1.165, 1.54) is 11.6 Å². The molecule has 1 fully saturated rings. The van der Waals surface area contributed by atoms with Crippen molar-refractivity contribution in [2.24, 2.45) is 0 Å². The van der Waals surface area contributed by atoms with E-state index in [-0.39, 0.29) is 30.2 Å². The van der Waals surface area contributed by atoms with E-state index < -0.39 is 48.5 Å². The van der Waals surface area contributed by atoms with Crippen LogP contribution in [0.5, 0.6) is 5.75 Å². The highest BCUT2D eigenvalue weighted by molar-refractivity contribution is 5.90. The Kier molecular flexibility index (Phi) is 14.1. The first-order valence-corrected chi connectivity index (χ1v) is 17.6. The third-order valence-electron chi connectivity index (χ3n) is 8.45. The van der Waals surface area contributed by atoms with Crippen LogP contribution in [-0.4, -0.2) is 89.7 Å². The van der Waals surface area contributed by atoms with E-state index in [4.69, 9.17) is 23.7 Å². The predicted molar refractivity (Wildman–Crippen MR) is 193 cm³/mol. The van der Waals surface area contributed by atoms with Gasteiger partial charge in [-0.25, -0.2) is 14.3 Å². The average Bonchev–Trinajstić information content (AvgIpc) is 3.65. The van der Waals surface area contributed by atoms with Crippen LogP contribution in [0.2, 0.25) is 0 Å². The number of hydrogen-bond donors (Lipinski definition) is 2. The van der Waals surface area contributed by atoms with Crippen molar-refractivity contribution >= 4 is 23.8 Å². The van der Waals surface area contributed by atoms with Crippen LogP contribution in [0, 0.1) is 0 Å². The maximum absolute atomic E-state index is 13.6. The zero-order valence-electron chi connectivity index (χ0n) is 30.0. The molecule has 14 heteroatoms. The van der Waals surface area contributed by atoms with Crippen molar-refractivity contribution in [3.8, 4) is 17.0 Å². The number of amides is 2. The Bertz CT molecular complexity index is 1800. The van der Waals surface area contributed by atoms with Crippen LogP contribution in [0.15, 0.2) is 91.1 Å². The molecule has 2 N–H and O–H groups in total. The summed E-state index contributed by atoms with van der Waals surface area (Å²) in [6, 6.07) is 23.0. The Labute approximate surface area is 308 Å². The van der Waals surface area contributed by atoms with Crippen molar-refractivity contribution in [2.45, 2.75) is 76.7 Å². The second-order valence-corrected chi connectivity index (χ2v) is 12.5. The van der Waals surface area contributed by atoms with Gasteiger partial charge in [0.25, 0.3) is 0 Å². The van der Waals surface area contributed by atoms with Gasteiger partial charge in [0.05, 0.1) is 31.0 Å². The van der Waals surface area contributed by atoms with Gasteiger partial charge in [0.15, 0.2) is 18.5 Å². The highest BCUT2D eigenvalue weighted by Crippen LogP contribution is 2.30. The Hall–Kier alpha value is -5.60. The maximum Gasteiger partial charge on any atom is 0.338 e. The first kappa shape index (κ1) is 38.6. The van der Waals surface area contributed by atoms with Gasteiger partial charge in [-0.2, -0.15) is 0 Å². The largest absolute Gasteiger partial charge is 0.497 e. The molecule has 0 aliphatic carbocycles. The number of nitrogens with one attached hydrogen (secondary N) is 2. The fourth-order valence-electron chi connectivity index (χ4n) is 5.82. The first-order chi connectivity index (χ1) is 25.7. The number of nitrogens with zero attached hydrogens (tertiary/aromatic N) is 3.